The van der Waals surface area contributed by atoms with E-state index in [9.17, 15) is 29.3 Å². The van der Waals surface area contributed by atoms with Crippen LogP contribution in [0.25, 0.3) is 11.2 Å². The van der Waals surface area contributed by atoms with Gasteiger partial charge >= 0.3 is 18.2 Å². The molecule has 5 atom stereocenters. The molecule has 1 aliphatic rings. The molecule has 1 fully saturated rings. The van der Waals surface area contributed by atoms with E-state index in [1.165, 1.54) is 42.1 Å². The largest absolute Gasteiger partial charge is 0.463 e. The summed E-state index contributed by atoms with van der Waals surface area (Å²) in [6, 6.07) is 5.23. The minimum absolute atomic E-state index is 0.0815. The lowest BCUT2D eigenvalue weighted by molar-refractivity contribution is -0.384. The summed E-state index contributed by atoms with van der Waals surface area (Å²) >= 11 is 6.29. The van der Waals surface area contributed by atoms with Gasteiger partial charge < -0.3 is 23.7 Å². The first-order chi connectivity index (χ1) is 24.6. The SMILES string of the molecule is CCOC(=O)C(Cc1ccc([N+](=O)[O-])cc1)(OC[C@H]1O[C@@H](n2cnc3c(N(C(=O)OC(C)(C)C)C(=O)OC(C)(C)C)nc(Cl)nc32)[C@@H](F)[C@@H]1C)C(C)=O. The zero-order valence-corrected chi connectivity index (χ0v) is 31.5. The number of amides is 2. The number of carbonyl (C=O) groups excluding carboxylic acids is 4. The Morgan fingerprint density at radius 2 is 1.62 bits per heavy atom. The van der Waals surface area contributed by atoms with Crippen LogP contribution in [0.3, 0.4) is 0 Å². The fraction of sp³-hybridized carbons (Fsp3) is 0.559. The number of anilines is 1. The Balaban J connectivity index is 1.68. The van der Waals surface area contributed by atoms with Crippen molar-refractivity contribution in [2.75, 3.05) is 18.1 Å². The number of hydrogen-bond acceptors (Lipinski definition) is 14. The molecule has 0 spiro atoms. The van der Waals surface area contributed by atoms with Crippen molar-refractivity contribution in [2.45, 2.75) is 104 Å². The number of imidazole rings is 1. The molecule has 0 bridgehead atoms. The number of hydrogen-bond donors (Lipinski definition) is 0. The number of aromatic nitrogens is 4. The second-order valence-electron chi connectivity index (χ2n) is 14.3. The van der Waals surface area contributed by atoms with Gasteiger partial charge in [-0.25, -0.2) is 23.8 Å². The van der Waals surface area contributed by atoms with Crippen LogP contribution in [0.15, 0.2) is 30.6 Å². The smallest absolute Gasteiger partial charge is 0.425 e. The van der Waals surface area contributed by atoms with Crippen molar-refractivity contribution < 1.29 is 52.2 Å². The Bertz CT molecular complexity index is 1850. The van der Waals surface area contributed by atoms with Crippen LogP contribution in [0.2, 0.25) is 5.28 Å². The second-order valence-corrected chi connectivity index (χ2v) is 14.7. The Hall–Kier alpha value is -4.81. The van der Waals surface area contributed by atoms with Crippen LogP contribution >= 0.6 is 11.6 Å². The quantitative estimate of drug-likeness (QED) is 0.0542. The first kappa shape index (κ1) is 41.0. The van der Waals surface area contributed by atoms with Gasteiger partial charge in [0.05, 0.1) is 30.6 Å². The van der Waals surface area contributed by atoms with Gasteiger partial charge in [-0.1, -0.05) is 19.1 Å². The number of rotatable bonds is 11. The normalized spacial score (nSPS) is 20.1. The molecule has 3 aromatic rings. The number of fused-ring (bicyclic) bond motifs is 1. The van der Waals surface area contributed by atoms with E-state index in [1.807, 2.05) is 0 Å². The van der Waals surface area contributed by atoms with Gasteiger partial charge in [-0.2, -0.15) is 14.9 Å². The molecule has 0 saturated carbocycles. The Morgan fingerprint density at radius 1 is 1.04 bits per heavy atom. The van der Waals surface area contributed by atoms with E-state index >= 15 is 4.39 Å². The Kier molecular flexibility index (Phi) is 12.1. The van der Waals surface area contributed by atoms with Gasteiger partial charge in [0.25, 0.3) is 5.69 Å². The van der Waals surface area contributed by atoms with Crippen molar-refractivity contribution in [1.82, 2.24) is 19.5 Å². The fourth-order valence-electron chi connectivity index (χ4n) is 5.38. The lowest BCUT2D eigenvalue weighted by Crippen LogP contribution is -2.52. The highest BCUT2D eigenvalue weighted by Crippen LogP contribution is 2.40. The number of nitro benzene ring substituents is 1. The van der Waals surface area contributed by atoms with Crippen molar-refractivity contribution in [3.8, 4) is 0 Å². The first-order valence-corrected chi connectivity index (χ1v) is 17.0. The maximum atomic E-state index is 16.1. The van der Waals surface area contributed by atoms with Crippen molar-refractivity contribution in [1.29, 1.82) is 0 Å². The zero-order valence-electron chi connectivity index (χ0n) is 30.7. The third-order valence-electron chi connectivity index (χ3n) is 7.96. The molecule has 2 amide bonds. The number of nitro groups is 1. The molecule has 1 saturated heterocycles. The molecule has 288 valence electrons. The molecule has 53 heavy (non-hydrogen) atoms. The molecule has 2 aromatic heterocycles. The monoisotopic (exact) mass is 764 g/mol. The Morgan fingerprint density at radius 3 is 2.13 bits per heavy atom. The van der Waals surface area contributed by atoms with Gasteiger partial charge in [0.2, 0.25) is 10.9 Å². The van der Waals surface area contributed by atoms with Crippen LogP contribution < -0.4 is 4.90 Å². The molecule has 0 N–H and O–H groups in total. The van der Waals surface area contributed by atoms with Crippen LogP contribution in [-0.4, -0.2) is 90.7 Å². The lowest BCUT2D eigenvalue weighted by Gasteiger charge is -2.31. The number of benzene rings is 1. The van der Waals surface area contributed by atoms with Gasteiger partial charge in [0.1, 0.15) is 11.2 Å². The van der Waals surface area contributed by atoms with Gasteiger partial charge in [-0.3, -0.25) is 19.5 Å². The summed E-state index contributed by atoms with van der Waals surface area (Å²) in [6.45, 7) is 13.3. The molecule has 1 unspecified atom stereocenters. The molecular weight excluding hydrogens is 723 g/mol. The molecule has 19 heteroatoms. The third kappa shape index (κ3) is 9.23. The predicted octanol–water partition coefficient (Wildman–Crippen LogP) is 6.09. The maximum absolute atomic E-state index is 16.1. The van der Waals surface area contributed by atoms with E-state index in [0.29, 0.717) is 10.5 Å². The number of imide groups is 1. The molecular formula is C34H42ClFN6O11. The number of esters is 1. The van der Waals surface area contributed by atoms with Crippen LogP contribution in [0, 0.1) is 16.0 Å². The molecule has 17 nitrogen and oxygen atoms in total. The van der Waals surface area contributed by atoms with Gasteiger partial charge in [-0.05, 0) is 72.6 Å². The first-order valence-electron chi connectivity index (χ1n) is 16.6. The highest BCUT2D eigenvalue weighted by Gasteiger charge is 2.50. The summed E-state index contributed by atoms with van der Waals surface area (Å²) in [5, 5.41) is 10.7. The highest BCUT2D eigenvalue weighted by atomic mass is 35.5. The summed E-state index contributed by atoms with van der Waals surface area (Å²) in [5.74, 6) is -2.99. The third-order valence-corrected chi connectivity index (χ3v) is 8.13. The summed E-state index contributed by atoms with van der Waals surface area (Å²) in [6.07, 6.45) is -5.66. The van der Waals surface area contributed by atoms with Crippen LogP contribution in [0.4, 0.5) is 25.5 Å². The second kappa shape index (κ2) is 15.7. The highest BCUT2D eigenvalue weighted by molar-refractivity contribution is 6.29. The zero-order chi connectivity index (χ0) is 39.6. The van der Waals surface area contributed by atoms with Crippen molar-refractivity contribution >= 4 is 58.2 Å². The molecule has 0 radical (unpaired) electrons. The number of ether oxygens (including phenoxy) is 5. The maximum Gasteiger partial charge on any atom is 0.425 e. The minimum atomic E-state index is -2.19. The van der Waals surface area contributed by atoms with Crippen molar-refractivity contribution in [2.24, 2.45) is 5.92 Å². The van der Waals surface area contributed by atoms with E-state index in [-0.39, 0.29) is 29.9 Å². The number of nitrogens with zero attached hydrogens (tertiary/aromatic N) is 6. The number of halogens is 2. The van der Waals surface area contributed by atoms with Gasteiger partial charge in [-0.15, -0.1) is 0 Å². The average Bonchev–Trinajstić information content (AvgIpc) is 3.57. The molecule has 1 aromatic carbocycles. The van der Waals surface area contributed by atoms with Crippen LogP contribution in [0.1, 0.15) is 74.1 Å². The summed E-state index contributed by atoms with van der Waals surface area (Å²) in [7, 11) is 0. The minimum Gasteiger partial charge on any atom is -0.463 e. The van der Waals surface area contributed by atoms with E-state index in [1.54, 1.807) is 48.5 Å². The Labute approximate surface area is 309 Å². The average molecular weight is 765 g/mol. The molecule has 3 heterocycles. The summed E-state index contributed by atoms with van der Waals surface area (Å²) in [4.78, 5) is 76.8. The predicted molar refractivity (Wildman–Crippen MR) is 186 cm³/mol. The van der Waals surface area contributed by atoms with Crippen molar-refractivity contribution in [3.05, 3.63) is 51.6 Å². The molecule has 1 aliphatic heterocycles. The summed E-state index contributed by atoms with van der Waals surface area (Å²) < 4.78 is 45.6. The van der Waals surface area contributed by atoms with Crippen LogP contribution in [-0.2, 0) is 39.7 Å². The van der Waals surface area contributed by atoms with E-state index in [0.717, 1.165) is 6.92 Å². The lowest BCUT2D eigenvalue weighted by atomic mass is 9.90. The fourth-order valence-corrected chi connectivity index (χ4v) is 5.54. The topological polar surface area (TPSA) is 204 Å². The number of carbonyl (C=O) groups is 4. The van der Waals surface area contributed by atoms with E-state index < -0.39 is 87.8 Å². The van der Waals surface area contributed by atoms with Gasteiger partial charge in [0.15, 0.2) is 35.2 Å². The van der Waals surface area contributed by atoms with Crippen molar-refractivity contribution in [3.63, 3.8) is 0 Å². The molecule has 4 rings (SSSR count). The molecule has 0 aliphatic carbocycles. The van der Waals surface area contributed by atoms with Gasteiger partial charge in [0, 0.05) is 24.5 Å². The summed E-state index contributed by atoms with van der Waals surface area (Å²) in [5.41, 5.74) is -4.34. The van der Waals surface area contributed by atoms with E-state index in [2.05, 4.69) is 15.0 Å². The number of alkyl halides is 1. The number of non-ortho nitro benzene ring substituents is 1. The standard InChI is InChI=1S/C34H42ClFN6O11/c1-10-49-28(44)34(19(3)43,15-20-11-13-21(14-12-20)42(47)48)50-16-22-18(2)23(36)27(51-22)40-17-37-24-25(40)38-29(35)39-26(24)41(30(45)52-32(4,5)6)31(46)53-33(7,8)9/h11-14,17-18,22-23,27H,10,15-16H2,1-9H3/t18-,22-,23+,27-,34?/m1/s1. The van der Waals surface area contributed by atoms with Crippen LogP contribution in [0.5, 0.6) is 0 Å². The van der Waals surface area contributed by atoms with E-state index in [4.69, 9.17) is 35.3 Å². The number of ketones is 1. The number of Topliss-reactive ketones (excluding diaryl/α,β-unsaturated/α-hetero) is 1.